The van der Waals surface area contributed by atoms with Crippen molar-refractivity contribution in [2.24, 2.45) is 5.92 Å². The first-order valence-electron chi connectivity index (χ1n) is 6.04. The van der Waals surface area contributed by atoms with Gasteiger partial charge in [0.15, 0.2) is 0 Å². The van der Waals surface area contributed by atoms with Crippen LogP contribution in [-0.2, 0) is 14.3 Å². The van der Waals surface area contributed by atoms with Crippen LogP contribution in [0.3, 0.4) is 0 Å². The van der Waals surface area contributed by atoms with Crippen LogP contribution in [0.5, 0.6) is 0 Å². The molecule has 0 radical (unpaired) electrons. The molecule has 1 atom stereocenters. The van der Waals surface area contributed by atoms with Crippen LogP contribution in [0.2, 0.25) is 0 Å². The predicted octanol–water partition coefficient (Wildman–Crippen LogP) is 3.39. The minimum absolute atomic E-state index is 0.340. The van der Waals surface area contributed by atoms with Gasteiger partial charge in [-0.05, 0) is 25.2 Å². The molecule has 106 valence electrons. The van der Waals surface area contributed by atoms with Gasteiger partial charge in [0.05, 0.1) is 0 Å². The van der Waals surface area contributed by atoms with Crippen molar-refractivity contribution in [3.05, 3.63) is 0 Å². The van der Waals surface area contributed by atoms with Gasteiger partial charge in [0.2, 0.25) is 0 Å². The molecule has 0 aliphatic rings. The lowest BCUT2D eigenvalue weighted by molar-refractivity contribution is -0.156. The third-order valence-electron chi connectivity index (χ3n) is 2.56. The fourth-order valence-electron chi connectivity index (χ4n) is 1.41. The highest BCUT2D eigenvalue weighted by atomic mass is 35.5. The highest BCUT2D eigenvalue weighted by Crippen LogP contribution is 2.25. The summed E-state index contributed by atoms with van der Waals surface area (Å²) in [4.78, 5) is 22.2. The van der Waals surface area contributed by atoms with Gasteiger partial charge < -0.3 is 9.84 Å². The van der Waals surface area contributed by atoms with Crippen molar-refractivity contribution in [3.8, 4) is 0 Å². The number of carboxylic acids is 1. The van der Waals surface area contributed by atoms with E-state index in [-0.39, 0.29) is 6.10 Å². The van der Waals surface area contributed by atoms with E-state index in [9.17, 15) is 9.59 Å². The van der Waals surface area contributed by atoms with Gasteiger partial charge in [-0.2, -0.15) is 0 Å². The summed E-state index contributed by atoms with van der Waals surface area (Å²) >= 11 is 10.8. The summed E-state index contributed by atoms with van der Waals surface area (Å²) in [6.07, 6.45) is 2.89. The summed E-state index contributed by atoms with van der Waals surface area (Å²) < 4.78 is 2.50. The SMILES string of the molecule is CCC(CCCC(C)C)OC(=O)C(Cl)(Cl)C(=O)O. The lowest BCUT2D eigenvalue weighted by Crippen LogP contribution is -2.39. The maximum absolute atomic E-state index is 11.5. The Bertz CT molecular complexity index is 290. The van der Waals surface area contributed by atoms with Crippen LogP contribution >= 0.6 is 23.2 Å². The van der Waals surface area contributed by atoms with Crippen molar-refractivity contribution in [1.29, 1.82) is 0 Å². The average molecular weight is 299 g/mol. The molecule has 0 aromatic carbocycles. The monoisotopic (exact) mass is 298 g/mol. The van der Waals surface area contributed by atoms with Gasteiger partial charge in [-0.25, -0.2) is 9.59 Å². The number of hydrogen-bond acceptors (Lipinski definition) is 3. The number of alkyl halides is 2. The second-order valence-corrected chi connectivity index (χ2v) is 5.97. The molecule has 0 bridgehead atoms. The molecule has 0 heterocycles. The first kappa shape index (κ1) is 17.5. The first-order chi connectivity index (χ1) is 8.21. The van der Waals surface area contributed by atoms with Gasteiger partial charge in [-0.1, -0.05) is 50.4 Å². The van der Waals surface area contributed by atoms with E-state index in [1.165, 1.54) is 0 Å². The van der Waals surface area contributed by atoms with Crippen LogP contribution in [-0.4, -0.2) is 27.5 Å². The van der Waals surface area contributed by atoms with E-state index in [2.05, 4.69) is 13.8 Å². The zero-order valence-electron chi connectivity index (χ0n) is 10.9. The molecule has 1 N–H and O–H groups in total. The molecule has 0 aromatic rings. The summed E-state index contributed by atoms with van der Waals surface area (Å²) in [6.45, 7) is 6.08. The number of esters is 1. The van der Waals surface area contributed by atoms with Crippen LogP contribution in [0, 0.1) is 5.92 Å². The molecule has 0 aliphatic carbocycles. The van der Waals surface area contributed by atoms with Gasteiger partial charge in [-0.15, -0.1) is 0 Å². The molecular weight excluding hydrogens is 279 g/mol. The van der Waals surface area contributed by atoms with E-state index in [4.69, 9.17) is 33.0 Å². The largest absolute Gasteiger partial charge is 0.479 e. The third kappa shape index (κ3) is 5.91. The first-order valence-corrected chi connectivity index (χ1v) is 6.79. The number of halogens is 2. The van der Waals surface area contributed by atoms with E-state index in [0.29, 0.717) is 18.8 Å². The van der Waals surface area contributed by atoms with Gasteiger partial charge >= 0.3 is 16.3 Å². The number of ether oxygens (including phenoxy) is 1. The maximum Gasteiger partial charge on any atom is 0.354 e. The fraction of sp³-hybridized carbons (Fsp3) is 0.833. The molecule has 0 spiro atoms. The topological polar surface area (TPSA) is 63.6 Å². The Labute approximate surface area is 118 Å². The van der Waals surface area contributed by atoms with Gasteiger partial charge in [0.1, 0.15) is 6.10 Å². The molecule has 0 saturated carbocycles. The van der Waals surface area contributed by atoms with Gasteiger partial charge in [0, 0.05) is 0 Å². The molecule has 0 amide bonds. The molecule has 6 heteroatoms. The molecule has 1 unspecified atom stereocenters. The van der Waals surface area contributed by atoms with Crippen LogP contribution in [0.25, 0.3) is 0 Å². The maximum atomic E-state index is 11.5. The lowest BCUT2D eigenvalue weighted by atomic mass is 10.0. The van der Waals surface area contributed by atoms with Crippen LogP contribution in [0.15, 0.2) is 0 Å². The molecule has 18 heavy (non-hydrogen) atoms. The minimum atomic E-state index is -2.52. The lowest BCUT2D eigenvalue weighted by Gasteiger charge is -2.20. The smallest absolute Gasteiger partial charge is 0.354 e. The highest BCUT2D eigenvalue weighted by Gasteiger charge is 2.45. The van der Waals surface area contributed by atoms with Crippen molar-refractivity contribution < 1.29 is 19.4 Å². The number of aliphatic carboxylic acids is 1. The number of hydrogen-bond donors (Lipinski definition) is 1. The van der Waals surface area contributed by atoms with Crippen molar-refractivity contribution in [1.82, 2.24) is 0 Å². The van der Waals surface area contributed by atoms with Crippen LogP contribution in [0.1, 0.15) is 46.5 Å². The Kier molecular flexibility index (Phi) is 7.64. The third-order valence-corrected chi connectivity index (χ3v) is 3.19. The predicted molar refractivity (Wildman–Crippen MR) is 70.9 cm³/mol. The number of carbonyl (C=O) groups excluding carboxylic acids is 1. The number of carbonyl (C=O) groups is 2. The second-order valence-electron chi connectivity index (χ2n) is 4.64. The Morgan fingerprint density at radius 2 is 1.83 bits per heavy atom. The fourth-order valence-corrected chi connectivity index (χ4v) is 1.50. The highest BCUT2D eigenvalue weighted by molar-refractivity contribution is 6.66. The van der Waals surface area contributed by atoms with Gasteiger partial charge in [0.25, 0.3) is 0 Å². The van der Waals surface area contributed by atoms with E-state index in [0.717, 1.165) is 12.8 Å². The van der Waals surface area contributed by atoms with E-state index in [1.807, 2.05) is 6.92 Å². The average Bonchev–Trinajstić information content (AvgIpc) is 2.26. The molecule has 0 rings (SSSR count). The van der Waals surface area contributed by atoms with Crippen molar-refractivity contribution in [2.75, 3.05) is 0 Å². The van der Waals surface area contributed by atoms with E-state index < -0.39 is 16.3 Å². The molecule has 4 nitrogen and oxygen atoms in total. The number of rotatable bonds is 8. The molecule has 0 fully saturated rings. The Hall–Kier alpha value is -0.480. The Morgan fingerprint density at radius 3 is 2.22 bits per heavy atom. The Morgan fingerprint density at radius 1 is 1.28 bits per heavy atom. The normalized spacial score (nSPS) is 13.4. The van der Waals surface area contributed by atoms with Crippen molar-refractivity contribution in [2.45, 2.75) is 56.9 Å². The summed E-state index contributed by atoms with van der Waals surface area (Å²) in [5.41, 5.74) is 0. The van der Waals surface area contributed by atoms with E-state index >= 15 is 0 Å². The molecular formula is C12H20Cl2O4. The minimum Gasteiger partial charge on any atom is -0.479 e. The quantitative estimate of drug-likeness (QED) is 0.424. The molecule has 0 aromatic heterocycles. The van der Waals surface area contributed by atoms with Crippen LogP contribution < -0.4 is 0 Å². The summed E-state index contributed by atoms with van der Waals surface area (Å²) in [5.74, 6) is -2.15. The summed E-state index contributed by atoms with van der Waals surface area (Å²) in [7, 11) is 0. The number of carboxylic acid groups (broad SMARTS) is 1. The van der Waals surface area contributed by atoms with Crippen molar-refractivity contribution in [3.63, 3.8) is 0 Å². The van der Waals surface area contributed by atoms with Gasteiger partial charge in [-0.3, -0.25) is 0 Å². The summed E-state index contributed by atoms with van der Waals surface area (Å²) in [5, 5.41) is 8.68. The standard InChI is InChI=1S/C12H20Cl2O4/c1-4-9(7-5-6-8(2)3)18-11(17)12(13,14)10(15)16/h8-9H,4-7H2,1-3H3,(H,15,16). The van der Waals surface area contributed by atoms with E-state index in [1.54, 1.807) is 0 Å². The van der Waals surface area contributed by atoms with Crippen LogP contribution in [0.4, 0.5) is 0 Å². The molecule has 0 aliphatic heterocycles. The zero-order valence-corrected chi connectivity index (χ0v) is 12.4. The second kappa shape index (κ2) is 7.85. The zero-order chi connectivity index (χ0) is 14.3. The van der Waals surface area contributed by atoms with Crippen molar-refractivity contribution >= 4 is 35.1 Å². The summed E-state index contributed by atoms with van der Waals surface area (Å²) in [6, 6.07) is 0. The Balaban J connectivity index is 4.28. The molecule has 0 saturated heterocycles.